The van der Waals surface area contributed by atoms with Crippen molar-refractivity contribution in [1.29, 1.82) is 0 Å². The van der Waals surface area contributed by atoms with E-state index in [2.05, 4.69) is 15.4 Å². The molecule has 4 N–H and O–H groups in total. The Balaban J connectivity index is 2.09. The standard InChI is InChI=1S/C15H12N4O5/c1-7-10(15(23)24)5-19-12(7)13(16-6-17-19)18-8-2-3-11(20)9(4-8)14(21)22/h2-6,20H,1H3,(H,21,22)(H,23,24)(H,16,17,18). The predicted molar refractivity (Wildman–Crippen MR) is 83.0 cm³/mol. The van der Waals surface area contributed by atoms with Crippen molar-refractivity contribution in [3.63, 3.8) is 0 Å². The minimum absolute atomic E-state index is 0.0930. The van der Waals surface area contributed by atoms with Crippen molar-refractivity contribution in [2.24, 2.45) is 0 Å². The molecule has 0 aliphatic carbocycles. The number of aromatic carboxylic acids is 2. The first-order valence-corrected chi connectivity index (χ1v) is 6.78. The number of anilines is 2. The van der Waals surface area contributed by atoms with Crippen molar-refractivity contribution in [3.05, 3.63) is 47.4 Å². The van der Waals surface area contributed by atoms with Crippen molar-refractivity contribution in [2.75, 3.05) is 5.32 Å². The average molecular weight is 328 g/mol. The Kier molecular flexibility index (Phi) is 3.53. The van der Waals surface area contributed by atoms with Crippen LogP contribution >= 0.6 is 0 Å². The molecule has 0 aliphatic rings. The van der Waals surface area contributed by atoms with Crippen molar-refractivity contribution < 1.29 is 24.9 Å². The van der Waals surface area contributed by atoms with Crippen LogP contribution in [0.1, 0.15) is 26.3 Å². The van der Waals surface area contributed by atoms with E-state index < -0.39 is 11.9 Å². The van der Waals surface area contributed by atoms with Crippen molar-refractivity contribution >= 4 is 29.0 Å². The van der Waals surface area contributed by atoms with E-state index in [0.29, 0.717) is 22.6 Å². The lowest BCUT2D eigenvalue weighted by Gasteiger charge is -2.09. The molecule has 3 rings (SSSR count). The van der Waals surface area contributed by atoms with Gasteiger partial charge in [0.2, 0.25) is 0 Å². The first-order chi connectivity index (χ1) is 11.4. The Labute approximate surface area is 134 Å². The monoisotopic (exact) mass is 328 g/mol. The first kappa shape index (κ1) is 15.3. The third kappa shape index (κ3) is 2.47. The molecule has 1 aromatic carbocycles. The van der Waals surface area contributed by atoms with Crippen LogP contribution in [-0.2, 0) is 0 Å². The number of phenols is 1. The number of aryl methyl sites for hydroxylation is 1. The topological polar surface area (TPSA) is 137 Å². The summed E-state index contributed by atoms with van der Waals surface area (Å²) in [4.78, 5) is 26.4. The number of nitrogens with one attached hydrogen (secondary N) is 1. The number of carboxylic acid groups (broad SMARTS) is 2. The second-order valence-electron chi connectivity index (χ2n) is 5.04. The van der Waals surface area contributed by atoms with Gasteiger partial charge in [-0.1, -0.05) is 0 Å². The summed E-state index contributed by atoms with van der Waals surface area (Å²) in [5, 5.41) is 34.7. The van der Waals surface area contributed by atoms with E-state index >= 15 is 0 Å². The van der Waals surface area contributed by atoms with Crippen LogP contribution in [0.25, 0.3) is 5.52 Å². The summed E-state index contributed by atoms with van der Waals surface area (Å²) in [5.74, 6) is -2.39. The van der Waals surface area contributed by atoms with E-state index in [0.717, 1.165) is 0 Å². The molecule has 0 atom stereocenters. The quantitative estimate of drug-likeness (QED) is 0.533. The zero-order valence-electron chi connectivity index (χ0n) is 12.4. The maximum atomic E-state index is 11.2. The van der Waals surface area contributed by atoms with Crippen LogP contribution in [0.2, 0.25) is 0 Å². The number of benzene rings is 1. The molecule has 0 bridgehead atoms. The molecule has 0 saturated carbocycles. The number of hydrogen-bond donors (Lipinski definition) is 4. The van der Waals surface area contributed by atoms with Gasteiger partial charge in [-0.15, -0.1) is 0 Å². The number of nitrogens with zero attached hydrogens (tertiary/aromatic N) is 3. The fourth-order valence-electron chi connectivity index (χ4n) is 2.39. The average Bonchev–Trinajstić information content (AvgIpc) is 2.87. The molecule has 0 spiro atoms. The maximum absolute atomic E-state index is 11.2. The van der Waals surface area contributed by atoms with Gasteiger partial charge in [0.05, 0.1) is 5.56 Å². The SMILES string of the molecule is Cc1c(C(=O)O)cn2ncnc(Nc3ccc(O)c(C(=O)O)c3)c12. The molecule has 0 saturated heterocycles. The molecule has 0 fully saturated rings. The molecule has 3 aromatic rings. The summed E-state index contributed by atoms with van der Waals surface area (Å²) < 4.78 is 1.38. The summed E-state index contributed by atoms with van der Waals surface area (Å²) in [6.07, 6.45) is 2.62. The number of carbonyl (C=O) groups is 2. The zero-order valence-corrected chi connectivity index (χ0v) is 12.4. The summed E-state index contributed by atoms with van der Waals surface area (Å²) in [6.45, 7) is 1.63. The van der Waals surface area contributed by atoms with Gasteiger partial charge in [-0.05, 0) is 30.7 Å². The smallest absolute Gasteiger partial charge is 0.339 e. The summed E-state index contributed by atoms with van der Waals surface area (Å²) in [7, 11) is 0. The fourth-order valence-corrected chi connectivity index (χ4v) is 2.39. The van der Waals surface area contributed by atoms with Gasteiger partial charge < -0.3 is 20.6 Å². The molecule has 0 unspecified atom stereocenters. The third-order valence-electron chi connectivity index (χ3n) is 3.55. The van der Waals surface area contributed by atoms with E-state index in [-0.39, 0.29) is 16.9 Å². The summed E-state index contributed by atoms with van der Waals surface area (Å²) in [5.41, 5.74) is 1.14. The van der Waals surface area contributed by atoms with Crippen LogP contribution in [0, 0.1) is 6.92 Å². The van der Waals surface area contributed by atoms with Crippen LogP contribution < -0.4 is 5.32 Å². The van der Waals surface area contributed by atoms with Gasteiger partial charge in [0.25, 0.3) is 0 Å². The normalized spacial score (nSPS) is 10.7. The number of fused-ring (bicyclic) bond motifs is 1. The van der Waals surface area contributed by atoms with Gasteiger partial charge in [-0.2, -0.15) is 5.10 Å². The highest BCUT2D eigenvalue weighted by Crippen LogP contribution is 2.27. The van der Waals surface area contributed by atoms with Gasteiger partial charge in [0.15, 0.2) is 5.82 Å². The van der Waals surface area contributed by atoms with E-state index in [1.165, 1.54) is 35.2 Å². The van der Waals surface area contributed by atoms with Crippen molar-refractivity contribution in [2.45, 2.75) is 6.92 Å². The Bertz CT molecular complexity index is 979. The van der Waals surface area contributed by atoms with Crippen molar-refractivity contribution in [1.82, 2.24) is 14.6 Å². The van der Waals surface area contributed by atoms with E-state index in [9.17, 15) is 19.8 Å². The van der Waals surface area contributed by atoms with Gasteiger partial charge in [0.1, 0.15) is 23.2 Å². The van der Waals surface area contributed by atoms with Crippen LogP contribution in [0.15, 0.2) is 30.7 Å². The van der Waals surface area contributed by atoms with Crippen LogP contribution in [0.3, 0.4) is 0 Å². The number of aromatic hydroxyl groups is 1. The van der Waals surface area contributed by atoms with Gasteiger partial charge in [-0.25, -0.2) is 19.1 Å². The maximum Gasteiger partial charge on any atom is 0.339 e. The van der Waals surface area contributed by atoms with Gasteiger partial charge in [-0.3, -0.25) is 0 Å². The molecular weight excluding hydrogens is 316 g/mol. The molecule has 24 heavy (non-hydrogen) atoms. The first-order valence-electron chi connectivity index (χ1n) is 6.78. The highest BCUT2D eigenvalue weighted by atomic mass is 16.4. The molecule has 2 aromatic heterocycles. The lowest BCUT2D eigenvalue weighted by Crippen LogP contribution is -2.02. The van der Waals surface area contributed by atoms with Crippen LogP contribution in [-0.4, -0.2) is 41.9 Å². The Morgan fingerprint density at radius 3 is 2.54 bits per heavy atom. The second kappa shape index (κ2) is 5.54. The van der Waals surface area contributed by atoms with E-state index in [1.807, 2.05) is 0 Å². The summed E-state index contributed by atoms with van der Waals surface area (Å²) in [6, 6.07) is 3.99. The van der Waals surface area contributed by atoms with E-state index in [4.69, 9.17) is 5.11 Å². The number of rotatable bonds is 4. The highest BCUT2D eigenvalue weighted by Gasteiger charge is 2.18. The highest BCUT2D eigenvalue weighted by molar-refractivity contribution is 5.95. The minimum Gasteiger partial charge on any atom is -0.507 e. The second-order valence-corrected chi connectivity index (χ2v) is 5.04. The Hall–Kier alpha value is -3.62. The number of hydrogen-bond acceptors (Lipinski definition) is 6. The van der Waals surface area contributed by atoms with Gasteiger partial charge in [0, 0.05) is 11.9 Å². The number of aromatic nitrogens is 3. The lowest BCUT2D eigenvalue weighted by molar-refractivity contribution is 0.0684. The molecule has 9 nitrogen and oxygen atoms in total. The van der Waals surface area contributed by atoms with E-state index in [1.54, 1.807) is 6.92 Å². The lowest BCUT2D eigenvalue weighted by atomic mass is 10.1. The predicted octanol–water partition coefficient (Wildman–Crippen LogP) is 1.88. The molecular formula is C15H12N4O5. The number of carboxylic acids is 2. The fraction of sp³-hybridized carbons (Fsp3) is 0.0667. The molecule has 2 heterocycles. The van der Waals surface area contributed by atoms with Crippen LogP contribution in [0.5, 0.6) is 5.75 Å². The third-order valence-corrected chi connectivity index (χ3v) is 3.55. The molecule has 9 heteroatoms. The molecule has 0 aliphatic heterocycles. The summed E-state index contributed by atoms with van der Waals surface area (Å²) >= 11 is 0. The van der Waals surface area contributed by atoms with Gasteiger partial charge >= 0.3 is 11.9 Å². The Morgan fingerprint density at radius 2 is 1.88 bits per heavy atom. The zero-order chi connectivity index (χ0) is 17.4. The molecule has 0 amide bonds. The van der Waals surface area contributed by atoms with Crippen molar-refractivity contribution in [3.8, 4) is 5.75 Å². The van der Waals surface area contributed by atoms with Crippen LogP contribution in [0.4, 0.5) is 11.5 Å². The Morgan fingerprint density at radius 1 is 1.17 bits per heavy atom. The largest absolute Gasteiger partial charge is 0.507 e. The minimum atomic E-state index is -1.27. The molecule has 122 valence electrons. The molecule has 0 radical (unpaired) electrons.